The van der Waals surface area contributed by atoms with Crippen LogP contribution in [-0.2, 0) is 4.79 Å². The van der Waals surface area contributed by atoms with Crippen molar-refractivity contribution in [3.63, 3.8) is 0 Å². The lowest BCUT2D eigenvalue weighted by Gasteiger charge is -2.36. The number of rotatable bonds is 3. The molecule has 1 aliphatic heterocycles. The zero-order valence-electron chi connectivity index (χ0n) is 9.67. The largest absolute Gasteiger partial charge is 0.371 e. The third-order valence-electron chi connectivity index (χ3n) is 3.33. The summed E-state index contributed by atoms with van der Waals surface area (Å²) in [5, 5.41) is 0. The SMILES string of the molecule is CN(C=O)C1CCN(c2ccccc2)CC1. The van der Waals surface area contributed by atoms with Gasteiger partial charge in [-0.3, -0.25) is 4.79 Å². The van der Waals surface area contributed by atoms with E-state index in [4.69, 9.17) is 0 Å². The number of benzene rings is 1. The summed E-state index contributed by atoms with van der Waals surface area (Å²) in [6.45, 7) is 2.07. The molecule has 1 fully saturated rings. The van der Waals surface area contributed by atoms with Gasteiger partial charge in [0.25, 0.3) is 0 Å². The van der Waals surface area contributed by atoms with E-state index in [-0.39, 0.29) is 0 Å². The second-order valence-corrected chi connectivity index (χ2v) is 4.32. The lowest BCUT2D eigenvalue weighted by molar-refractivity contribution is -0.119. The van der Waals surface area contributed by atoms with Crippen molar-refractivity contribution in [3.8, 4) is 0 Å². The van der Waals surface area contributed by atoms with E-state index in [0.717, 1.165) is 32.3 Å². The molecule has 3 heteroatoms. The number of hydrogen-bond acceptors (Lipinski definition) is 2. The first-order valence-electron chi connectivity index (χ1n) is 5.78. The molecular formula is C13H18N2O. The molecule has 1 heterocycles. The molecule has 0 spiro atoms. The van der Waals surface area contributed by atoms with E-state index in [1.54, 1.807) is 4.90 Å². The fourth-order valence-corrected chi connectivity index (χ4v) is 2.26. The van der Waals surface area contributed by atoms with Crippen LogP contribution in [0.1, 0.15) is 12.8 Å². The highest BCUT2D eigenvalue weighted by atomic mass is 16.1. The molecule has 0 bridgehead atoms. The summed E-state index contributed by atoms with van der Waals surface area (Å²) in [5.41, 5.74) is 1.29. The quantitative estimate of drug-likeness (QED) is 0.722. The Morgan fingerprint density at radius 2 is 1.88 bits per heavy atom. The maximum absolute atomic E-state index is 10.7. The van der Waals surface area contributed by atoms with Crippen molar-refractivity contribution in [2.75, 3.05) is 25.0 Å². The number of carbonyl (C=O) groups is 1. The average molecular weight is 218 g/mol. The summed E-state index contributed by atoms with van der Waals surface area (Å²) in [5.74, 6) is 0. The first kappa shape index (κ1) is 11.0. The van der Waals surface area contributed by atoms with Gasteiger partial charge in [-0.25, -0.2) is 0 Å². The summed E-state index contributed by atoms with van der Waals surface area (Å²) < 4.78 is 0. The van der Waals surface area contributed by atoms with E-state index in [0.29, 0.717) is 6.04 Å². The zero-order valence-corrected chi connectivity index (χ0v) is 9.67. The molecular weight excluding hydrogens is 200 g/mol. The van der Waals surface area contributed by atoms with Gasteiger partial charge in [-0.1, -0.05) is 18.2 Å². The lowest BCUT2D eigenvalue weighted by atomic mass is 10.0. The van der Waals surface area contributed by atoms with Crippen molar-refractivity contribution in [2.24, 2.45) is 0 Å². The minimum atomic E-state index is 0.414. The summed E-state index contributed by atoms with van der Waals surface area (Å²) in [4.78, 5) is 14.8. The van der Waals surface area contributed by atoms with Crippen LogP contribution in [0.15, 0.2) is 30.3 Å². The van der Waals surface area contributed by atoms with Crippen molar-refractivity contribution < 1.29 is 4.79 Å². The van der Waals surface area contributed by atoms with Gasteiger partial charge in [-0.05, 0) is 25.0 Å². The molecule has 1 aromatic carbocycles. The van der Waals surface area contributed by atoms with Gasteiger partial charge in [-0.2, -0.15) is 0 Å². The second-order valence-electron chi connectivity index (χ2n) is 4.32. The number of piperidine rings is 1. The maximum atomic E-state index is 10.7. The Morgan fingerprint density at radius 1 is 1.25 bits per heavy atom. The monoisotopic (exact) mass is 218 g/mol. The smallest absolute Gasteiger partial charge is 0.209 e. The van der Waals surface area contributed by atoms with Crippen molar-refractivity contribution in [2.45, 2.75) is 18.9 Å². The Morgan fingerprint density at radius 3 is 2.44 bits per heavy atom. The van der Waals surface area contributed by atoms with Crippen LogP contribution >= 0.6 is 0 Å². The van der Waals surface area contributed by atoms with Crippen LogP contribution in [0.2, 0.25) is 0 Å². The minimum absolute atomic E-state index is 0.414. The summed E-state index contributed by atoms with van der Waals surface area (Å²) in [7, 11) is 1.87. The van der Waals surface area contributed by atoms with Crippen LogP contribution in [0.25, 0.3) is 0 Å². The highest BCUT2D eigenvalue weighted by Crippen LogP contribution is 2.20. The Bertz CT molecular complexity index is 331. The van der Waals surface area contributed by atoms with E-state index >= 15 is 0 Å². The van der Waals surface area contributed by atoms with Crippen LogP contribution < -0.4 is 4.90 Å². The first-order valence-corrected chi connectivity index (χ1v) is 5.78. The minimum Gasteiger partial charge on any atom is -0.371 e. The van der Waals surface area contributed by atoms with E-state index in [2.05, 4.69) is 29.2 Å². The van der Waals surface area contributed by atoms with Gasteiger partial charge in [0, 0.05) is 31.9 Å². The van der Waals surface area contributed by atoms with Crippen LogP contribution in [0.4, 0.5) is 5.69 Å². The van der Waals surface area contributed by atoms with Gasteiger partial charge in [0.15, 0.2) is 0 Å². The van der Waals surface area contributed by atoms with Crippen molar-refractivity contribution in [3.05, 3.63) is 30.3 Å². The molecule has 0 unspecified atom stereocenters. The van der Waals surface area contributed by atoms with Crippen LogP contribution in [0.3, 0.4) is 0 Å². The predicted molar refractivity (Wildman–Crippen MR) is 65.5 cm³/mol. The first-order chi connectivity index (χ1) is 7.81. The number of nitrogens with zero attached hydrogens (tertiary/aromatic N) is 2. The maximum Gasteiger partial charge on any atom is 0.209 e. The Balaban J connectivity index is 1.93. The molecule has 0 atom stereocenters. The topological polar surface area (TPSA) is 23.6 Å². The van der Waals surface area contributed by atoms with E-state index in [1.165, 1.54) is 5.69 Å². The Labute approximate surface area is 96.7 Å². The zero-order chi connectivity index (χ0) is 11.4. The van der Waals surface area contributed by atoms with Crippen LogP contribution in [0.5, 0.6) is 0 Å². The number of hydrogen-bond donors (Lipinski definition) is 0. The third kappa shape index (κ3) is 2.35. The van der Waals surface area contributed by atoms with E-state index < -0.39 is 0 Å². The normalized spacial score (nSPS) is 17.2. The Hall–Kier alpha value is -1.51. The van der Waals surface area contributed by atoms with Gasteiger partial charge in [0.1, 0.15) is 0 Å². The van der Waals surface area contributed by atoms with E-state index in [9.17, 15) is 4.79 Å². The van der Waals surface area contributed by atoms with Crippen molar-refractivity contribution in [1.82, 2.24) is 4.90 Å². The van der Waals surface area contributed by atoms with Gasteiger partial charge >= 0.3 is 0 Å². The van der Waals surface area contributed by atoms with Gasteiger partial charge in [-0.15, -0.1) is 0 Å². The fraction of sp³-hybridized carbons (Fsp3) is 0.462. The number of anilines is 1. The van der Waals surface area contributed by atoms with Crippen molar-refractivity contribution in [1.29, 1.82) is 0 Å². The van der Waals surface area contributed by atoms with Gasteiger partial charge < -0.3 is 9.80 Å². The second kappa shape index (κ2) is 5.01. The number of para-hydroxylation sites is 1. The highest BCUT2D eigenvalue weighted by Gasteiger charge is 2.21. The molecule has 1 aliphatic rings. The molecule has 0 aromatic heterocycles. The molecule has 3 nitrogen and oxygen atoms in total. The number of carbonyl (C=O) groups excluding carboxylic acids is 1. The number of amides is 1. The van der Waals surface area contributed by atoms with E-state index in [1.807, 2.05) is 13.1 Å². The molecule has 86 valence electrons. The molecule has 0 radical (unpaired) electrons. The standard InChI is InChI=1S/C13H18N2O/c1-14(11-16)12-7-9-15(10-8-12)13-5-3-2-4-6-13/h2-6,11-12H,7-10H2,1H3. The van der Waals surface area contributed by atoms with Crippen LogP contribution in [0, 0.1) is 0 Å². The highest BCUT2D eigenvalue weighted by molar-refractivity contribution is 5.48. The predicted octanol–water partition coefficient (Wildman–Crippen LogP) is 1.74. The molecule has 1 aromatic rings. The Kier molecular flexibility index (Phi) is 3.44. The van der Waals surface area contributed by atoms with Crippen LogP contribution in [-0.4, -0.2) is 37.5 Å². The molecule has 1 amide bonds. The molecule has 2 rings (SSSR count). The van der Waals surface area contributed by atoms with Crippen molar-refractivity contribution >= 4 is 12.1 Å². The molecule has 16 heavy (non-hydrogen) atoms. The van der Waals surface area contributed by atoms with Gasteiger partial charge in [0.05, 0.1) is 0 Å². The molecule has 0 N–H and O–H groups in total. The summed E-state index contributed by atoms with van der Waals surface area (Å²) in [6.07, 6.45) is 3.05. The lowest BCUT2D eigenvalue weighted by Crippen LogP contribution is -2.42. The molecule has 1 saturated heterocycles. The molecule has 0 aliphatic carbocycles. The summed E-state index contributed by atoms with van der Waals surface area (Å²) >= 11 is 0. The summed E-state index contributed by atoms with van der Waals surface area (Å²) in [6, 6.07) is 10.9. The average Bonchev–Trinajstić information content (AvgIpc) is 2.39. The molecule has 0 saturated carbocycles. The van der Waals surface area contributed by atoms with Gasteiger partial charge in [0.2, 0.25) is 6.41 Å². The third-order valence-corrected chi connectivity index (χ3v) is 3.33. The fourth-order valence-electron chi connectivity index (χ4n) is 2.26.